The fourth-order valence-electron chi connectivity index (χ4n) is 4.23. The SMILES string of the molecule is CC(C)C.N=Cc1ccc(C2CC23CC3)cc1Nc1cc(N2CCCC2)ncn1. The van der Waals surface area contributed by atoms with Crippen LogP contribution in [0.4, 0.5) is 17.3 Å². The number of rotatable bonds is 5. The van der Waals surface area contributed by atoms with E-state index in [-0.39, 0.29) is 0 Å². The van der Waals surface area contributed by atoms with E-state index in [0.29, 0.717) is 5.41 Å². The van der Waals surface area contributed by atoms with Crippen molar-refractivity contribution >= 4 is 23.5 Å². The molecule has 2 saturated carbocycles. The molecule has 3 fully saturated rings. The molecule has 5 rings (SSSR count). The molecule has 1 saturated heterocycles. The molecule has 1 spiro atoms. The molecule has 2 aliphatic carbocycles. The molecule has 3 aliphatic rings. The van der Waals surface area contributed by atoms with Gasteiger partial charge >= 0.3 is 0 Å². The lowest BCUT2D eigenvalue weighted by Crippen LogP contribution is -2.19. The molecule has 1 atom stereocenters. The van der Waals surface area contributed by atoms with Crippen LogP contribution in [-0.2, 0) is 0 Å². The van der Waals surface area contributed by atoms with Crippen molar-refractivity contribution in [2.75, 3.05) is 23.3 Å². The summed E-state index contributed by atoms with van der Waals surface area (Å²) >= 11 is 0. The van der Waals surface area contributed by atoms with Gasteiger partial charge in [-0.05, 0) is 61.0 Å². The molecule has 2 aromatic rings. The highest BCUT2D eigenvalue weighted by Crippen LogP contribution is 2.75. The Kier molecular flexibility index (Phi) is 5.57. The van der Waals surface area contributed by atoms with Crippen LogP contribution in [0, 0.1) is 16.7 Å². The minimum absolute atomic E-state index is 0.640. The molecule has 5 heteroatoms. The summed E-state index contributed by atoms with van der Waals surface area (Å²) in [6.07, 6.45) is 9.61. The molecule has 1 aromatic carbocycles. The molecule has 1 aliphatic heterocycles. The molecule has 5 nitrogen and oxygen atoms in total. The van der Waals surface area contributed by atoms with Gasteiger partial charge in [0.1, 0.15) is 18.0 Å². The van der Waals surface area contributed by atoms with Gasteiger partial charge in [0.05, 0.1) is 0 Å². The first-order valence-corrected chi connectivity index (χ1v) is 11.0. The summed E-state index contributed by atoms with van der Waals surface area (Å²) in [6, 6.07) is 8.49. The lowest BCUT2D eigenvalue weighted by atomic mass is 10.0. The molecule has 29 heavy (non-hydrogen) atoms. The standard InChI is InChI=1S/C20H23N5.C4H10/c21-12-15-4-3-14(16-11-20(16)5-6-20)9-17(15)24-18-10-19(23-13-22-18)25-7-1-2-8-25;1-4(2)3/h3-4,9-10,12-13,16,21H,1-2,5-8,11H2,(H,22,23,24);4H,1-3H3. The molecule has 1 unspecified atom stereocenters. The third-order valence-electron chi connectivity index (χ3n) is 6.06. The van der Waals surface area contributed by atoms with Crippen LogP contribution in [0.5, 0.6) is 0 Å². The van der Waals surface area contributed by atoms with Crippen molar-refractivity contribution in [2.24, 2.45) is 11.3 Å². The van der Waals surface area contributed by atoms with Crippen molar-refractivity contribution in [3.05, 3.63) is 41.7 Å². The molecule has 0 bridgehead atoms. The topological polar surface area (TPSA) is 64.9 Å². The lowest BCUT2D eigenvalue weighted by molar-refractivity contribution is 0.737. The minimum atomic E-state index is 0.640. The van der Waals surface area contributed by atoms with Crippen LogP contribution in [0.2, 0.25) is 0 Å². The van der Waals surface area contributed by atoms with Crippen LogP contribution < -0.4 is 10.2 Å². The number of anilines is 3. The zero-order valence-electron chi connectivity index (χ0n) is 17.9. The summed E-state index contributed by atoms with van der Waals surface area (Å²) in [4.78, 5) is 11.1. The van der Waals surface area contributed by atoms with Gasteiger partial charge in [-0.2, -0.15) is 0 Å². The van der Waals surface area contributed by atoms with Gasteiger partial charge in [0.2, 0.25) is 0 Å². The molecular formula is C24H33N5. The highest BCUT2D eigenvalue weighted by Gasteiger charge is 2.62. The summed E-state index contributed by atoms with van der Waals surface area (Å²) in [6.45, 7) is 8.64. The van der Waals surface area contributed by atoms with Crippen LogP contribution in [0.25, 0.3) is 0 Å². The van der Waals surface area contributed by atoms with Crippen molar-refractivity contribution in [2.45, 2.75) is 58.8 Å². The monoisotopic (exact) mass is 391 g/mol. The molecule has 2 heterocycles. The lowest BCUT2D eigenvalue weighted by Gasteiger charge is -2.17. The minimum Gasteiger partial charge on any atom is -0.356 e. The van der Waals surface area contributed by atoms with Gasteiger partial charge in [-0.1, -0.05) is 32.9 Å². The van der Waals surface area contributed by atoms with Crippen molar-refractivity contribution in [3.63, 3.8) is 0 Å². The number of aromatic nitrogens is 2. The first-order chi connectivity index (χ1) is 14.0. The van der Waals surface area contributed by atoms with Gasteiger partial charge in [0, 0.05) is 36.6 Å². The predicted octanol–water partition coefficient (Wildman–Crippen LogP) is 5.75. The van der Waals surface area contributed by atoms with E-state index in [1.807, 2.05) is 6.07 Å². The van der Waals surface area contributed by atoms with E-state index in [1.165, 1.54) is 43.9 Å². The quantitative estimate of drug-likeness (QED) is 0.637. The Morgan fingerprint density at radius 2 is 1.86 bits per heavy atom. The van der Waals surface area contributed by atoms with Gasteiger partial charge < -0.3 is 15.6 Å². The second kappa shape index (κ2) is 8.13. The second-order valence-corrected chi connectivity index (χ2v) is 9.42. The Morgan fingerprint density at radius 3 is 2.48 bits per heavy atom. The highest BCUT2D eigenvalue weighted by atomic mass is 15.2. The van der Waals surface area contributed by atoms with Gasteiger partial charge in [0.25, 0.3) is 0 Å². The van der Waals surface area contributed by atoms with Gasteiger partial charge in [0.15, 0.2) is 0 Å². The van der Waals surface area contributed by atoms with Crippen LogP contribution in [0.1, 0.15) is 69.9 Å². The molecule has 0 amide bonds. The van der Waals surface area contributed by atoms with Crippen molar-refractivity contribution in [1.82, 2.24) is 9.97 Å². The highest BCUT2D eigenvalue weighted by molar-refractivity contribution is 5.87. The van der Waals surface area contributed by atoms with Crippen molar-refractivity contribution in [3.8, 4) is 0 Å². The zero-order valence-corrected chi connectivity index (χ0v) is 17.9. The van der Waals surface area contributed by atoms with Gasteiger partial charge in [-0.25, -0.2) is 9.97 Å². The first-order valence-electron chi connectivity index (χ1n) is 11.0. The number of nitrogens with one attached hydrogen (secondary N) is 2. The molecular weight excluding hydrogens is 358 g/mol. The average molecular weight is 392 g/mol. The molecule has 0 radical (unpaired) electrons. The van der Waals surface area contributed by atoms with E-state index < -0.39 is 0 Å². The zero-order chi connectivity index (χ0) is 20.4. The van der Waals surface area contributed by atoms with Crippen LogP contribution >= 0.6 is 0 Å². The first kappa shape index (κ1) is 19.9. The maximum absolute atomic E-state index is 7.71. The van der Waals surface area contributed by atoms with Crippen molar-refractivity contribution in [1.29, 1.82) is 5.41 Å². The number of hydrogen-bond donors (Lipinski definition) is 2. The predicted molar refractivity (Wildman–Crippen MR) is 121 cm³/mol. The van der Waals surface area contributed by atoms with E-state index in [1.54, 1.807) is 6.33 Å². The van der Waals surface area contributed by atoms with Crippen LogP contribution in [0.3, 0.4) is 0 Å². The van der Waals surface area contributed by atoms with Crippen molar-refractivity contribution < 1.29 is 0 Å². The Hall–Kier alpha value is -2.43. The largest absolute Gasteiger partial charge is 0.356 e. The summed E-state index contributed by atoms with van der Waals surface area (Å²) in [5.74, 6) is 3.34. The van der Waals surface area contributed by atoms with E-state index in [0.717, 1.165) is 47.8 Å². The normalized spacial score (nSPS) is 21.0. The fourth-order valence-corrected chi connectivity index (χ4v) is 4.23. The summed E-state index contributed by atoms with van der Waals surface area (Å²) in [7, 11) is 0. The third kappa shape index (κ3) is 4.60. The molecule has 2 N–H and O–H groups in total. The summed E-state index contributed by atoms with van der Waals surface area (Å²) in [5.41, 5.74) is 3.91. The van der Waals surface area contributed by atoms with Crippen LogP contribution in [-0.4, -0.2) is 29.3 Å². The third-order valence-corrected chi connectivity index (χ3v) is 6.06. The van der Waals surface area contributed by atoms with E-state index in [4.69, 9.17) is 5.41 Å². The Bertz CT molecular complexity index is 863. The van der Waals surface area contributed by atoms with Crippen LogP contribution in [0.15, 0.2) is 30.6 Å². The Labute approximate surface area is 174 Å². The number of nitrogens with zero attached hydrogens (tertiary/aromatic N) is 3. The second-order valence-electron chi connectivity index (χ2n) is 9.42. The maximum atomic E-state index is 7.71. The molecule has 1 aromatic heterocycles. The number of benzene rings is 1. The summed E-state index contributed by atoms with van der Waals surface area (Å²) < 4.78 is 0. The van der Waals surface area contributed by atoms with E-state index in [9.17, 15) is 0 Å². The summed E-state index contributed by atoms with van der Waals surface area (Å²) in [5, 5.41) is 11.1. The Balaban J connectivity index is 0.000000472. The molecule has 154 valence electrons. The number of hydrogen-bond acceptors (Lipinski definition) is 5. The van der Waals surface area contributed by atoms with Gasteiger partial charge in [-0.3, -0.25) is 0 Å². The average Bonchev–Trinajstić information content (AvgIpc) is 3.57. The smallest absolute Gasteiger partial charge is 0.135 e. The van der Waals surface area contributed by atoms with E-state index >= 15 is 0 Å². The van der Waals surface area contributed by atoms with E-state index in [2.05, 4.69) is 59.2 Å². The fraction of sp³-hybridized carbons (Fsp3) is 0.542. The maximum Gasteiger partial charge on any atom is 0.135 e. The van der Waals surface area contributed by atoms with Gasteiger partial charge in [-0.15, -0.1) is 0 Å². The Morgan fingerprint density at radius 1 is 1.14 bits per heavy atom.